The number of carbonyl (C=O) groups is 2. The molecule has 2 aromatic carbocycles. The summed E-state index contributed by atoms with van der Waals surface area (Å²) in [5.74, 6) is 0.333. The number of nitrogens with zero attached hydrogens (tertiary/aromatic N) is 4. The van der Waals surface area contributed by atoms with Crippen molar-refractivity contribution in [3.05, 3.63) is 63.7 Å². The van der Waals surface area contributed by atoms with Gasteiger partial charge in [0, 0.05) is 63.0 Å². The second kappa shape index (κ2) is 10.5. The third-order valence-corrected chi connectivity index (χ3v) is 6.27. The monoisotopic (exact) mass is 467 g/mol. The van der Waals surface area contributed by atoms with E-state index in [2.05, 4.69) is 5.32 Å². The summed E-state index contributed by atoms with van der Waals surface area (Å²) in [6.45, 7) is 4.58. The molecule has 10 nitrogen and oxygen atoms in total. The minimum absolute atomic E-state index is 0.0913. The molecule has 0 unspecified atom stereocenters. The quantitative estimate of drug-likeness (QED) is 0.529. The molecule has 2 saturated heterocycles. The van der Waals surface area contributed by atoms with E-state index in [4.69, 9.17) is 4.74 Å². The molecule has 0 saturated carbocycles. The first kappa shape index (κ1) is 23.5. The van der Waals surface area contributed by atoms with Gasteiger partial charge in [-0.1, -0.05) is 6.07 Å². The number of nitrogens with one attached hydrogen (secondary N) is 1. The molecule has 2 aliphatic rings. The fourth-order valence-electron chi connectivity index (χ4n) is 4.39. The number of nitro groups is 1. The molecule has 2 amide bonds. The van der Waals surface area contributed by atoms with Crippen LogP contribution in [0.25, 0.3) is 0 Å². The second-order valence-corrected chi connectivity index (χ2v) is 8.37. The Labute approximate surface area is 198 Å². The van der Waals surface area contributed by atoms with Gasteiger partial charge in [0.25, 0.3) is 17.5 Å². The SMILES string of the molecule is COc1cccc(C(=O)N2CCN(c3ccc(C(=O)N4CCCNCC4)cc3[N+](=O)[O-])CC2)c1. The summed E-state index contributed by atoms with van der Waals surface area (Å²) in [4.78, 5) is 42.6. The second-order valence-electron chi connectivity index (χ2n) is 8.37. The van der Waals surface area contributed by atoms with Gasteiger partial charge in [-0.2, -0.15) is 0 Å². The average molecular weight is 468 g/mol. The molecule has 0 bridgehead atoms. The molecule has 0 aromatic heterocycles. The summed E-state index contributed by atoms with van der Waals surface area (Å²) in [6, 6.07) is 11.7. The number of rotatable bonds is 5. The van der Waals surface area contributed by atoms with Crippen molar-refractivity contribution < 1.29 is 19.2 Å². The van der Waals surface area contributed by atoms with Gasteiger partial charge >= 0.3 is 0 Å². The van der Waals surface area contributed by atoms with E-state index in [9.17, 15) is 19.7 Å². The standard InChI is InChI=1S/C24H29N5O5/c1-34-20-5-2-4-18(16-20)23(30)28-14-12-26(13-15-28)21-7-6-19(17-22(21)29(32)33)24(31)27-10-3-8-25-9-11-27/h2,4-7,16-17,25H,3,8-15H2,1H3. The van der Waals surface area contributed by atoms with Crippen LogP contribution in [0, 0.1) is 10.1 Å². The number of anilines is 1. The molecule has 4 rings (SSSR count). The van der Waals surface area contributed by atoms with Crippen LogP contribution in [0.2, 0.25) is 0 Å². The van der Waals surface area contributed by atoms with Gasteiger partial charge in [0.2, 0.25) is 0 Å². The largest absolute Gasteiger partial charge is 0.497 e. The van der Waals surface area contributed by atoms with Crippen molar-refractivity contribution >= 4 is 23.2 Å². The summed E-state index contributed by atoms with van der Waals surface area (Å²) in [5, 5.41) is 15.1. The van der Waals surface area contributed by atoms with Gasteiger partial charge in [0.15, 0.2) is 0 Å². The van der Waals surface area contributed by atoms with Crippen molar-refractivity contribution in [2.24, 2.45) is 0 Å². The predicted octanol–water partition coefficient (Wildman–Crippen LogP) is 2.00. The van der Waals surface area contributed by atoms with Crippen molar-refractivity contribution in [2.75, 3.05) is 64.4 Å². The number of nitro benzene ring substituents is 1. The summed E-state index contributed by atoms with van der Waals surface area (Å²) in [6.07, 6.45) is 0.852. The van der Waals surface area contributed by atoms with Crippen LogP contribution < -0.4 is 15.0 Å². The highest BCUT2D eigenvalue weighted by Gasteiger charge is 2.28. The molecular weight excluding hydrogens is 438 g/mol. The molecule has 180 valence electrons. The van der Waals surface area contributed by atoms with Gasteiger partial charge in [0.1, 0.15) is 11.4 Å². The first-order valence-electron chi connectivity index (χ1n) is 11.4. The minimum Gasteiger partial charge on any atom is -0.497 e. The highest BCUT2D eigenvalue weighted by Crippen LogP contribution is 2.31. The highest BCUT2D eigenvalue weighted by atomic mass is 16.6. The summed E-state index contributed by atoms with van der Waals surface area (Å²) in [5.41, 5.74) is 1.24. The molecule has 1 N–H and O–H groups in total. The Morgan fingerprint density at radius 2 is 1.62 bits per heavy atom. The minimum atomic E-state index is -0.441. The van der Waals surface area contributed by atoms with E-state index in [0.717, 1.165) is 13.0 Å². The fraction of sp³-hybridized carbons (Fsp3) is 0.417. The van der Waals surface area contributed by atoms with Gasteiger partial charge in [0.05, 0.1) is 12.0 Å². The van der Waals surface area contributed by atoms with E-state index in [1.807, 2.05) is 4.90 Å². The normalized spacial score (nSPS) is 16.7. The van der Waals surface area contributed by atoms with E-state index in [-0.39, 0.29) is 17.5 Å². The van der Waals surface area contributed by atoms with E-state index in [1.165, 1.54) is 6.07 Å². The van der Waals surface area contributed by atoms with E-state index in [1.54, 1.807) is 53.3 Å². The van der Waals surface area contributed by atoms with Crippen LogP contribution in [-0.2, 0) is 0 Å². The van der Waals surface area contributed by atoms with Gasteiger partial charge in [-0.25, -0.2) is 0 Å². The molecule has 2 heterocycles. The highest BCUT2D eigenvalue weighted by molar-refractivity contribution is 5.96. The maximum atomic E-state index is 12.9. The molecule has 34 heavy (non-hydrogen) atoms. The van der Waals surface area contributed by atoms with E-state index < -0.39 is 4.92 Å². The van der Waals surface area contributed by atoms with Gasteiger partial charge < -0.3 is 24.8 Å². The van der Waals surface area contributed by atoms with Crippen LogP contribution in [0.5, 0.6) is 5.75 Å². The predicted molar refractivity (Wildman–Crippen MR) is 128 cm³/mol. The topological polar surface area (TPSA) is 108 Å². The van der Waals surface area contributed by atoms with Crippen molar-refractivity contribution in [1.29, 1.82) is 0 Å². The third kappa shape index (κ3) is 5.12. The Balaban J connectivity index is 1.46. The average Bonchev–Trinajstić information content (AvgIpc) is 3.17. The maximum Gasteiger partial charge on any atom is 0.293 e. The van der Waals surface area contributed by atoms with Crippen LogP contribution in [0.4, 0.5) is 11.4 Å². The molecule has 2 aliphatic heterocycles. The van der Waals surface area contributed by atoms with Crippen molar-refractivity contribution in [1.82, 2.24) is 15.1 Å². The van der Waals surface area contributed by atoms with Crippen LogP contribution in [0.3, 0.4) is 0 Å². The van der Waals surface area contributed by atoms with Crippen LogP contribution in [-0.4, -0.2) is 86.0 Å². The Morgan fingerprint density at radius 1 is 0.912 bits per heavy atom. The van der Waals surface area contributed by atoms with E-state index in [0.29, 0.717) is 68.4 Å². The summed E-state index contributed by atoms with van der Waals surface area (Å²) in [7, 11) is 1.55. The number of methoxy groups -OCH3 is 1. The number of hydrogen-bond donors (Lipinski definition) is 1. The summed E-state index contributed by atoms with van der Waals surface area (Å²) >= 11 is 0. The number of carbonyl (C=O) groups excluding carboxylic acids is 2. The van der Waals surface area contributed by atoms with Gasteiger partial charge in [-0.05, 0) is 43.3 Å². The fourth-order valence-corrected chi connectivity index (χ4v) is 4.39. The molecule has 2 fully saturated rings. The lowest BCUT2D eigenvalue weighted by molar-refractivity contribution is -0.384. The van der Waals surface area contributed by atoms with Crippen LogP contribution in [0.15, 0.2) is 42.5 Å². The van der Waals surface area contributed by atoms with Crippen LogP contribution >= 0.6 is 0 Å². The lowest BCUT2D eigenvalue weighted by Crippen LogP contribution is -2.49. The van der Waals surface area contributed by atoms with Crippen molar-refractivity contribution in [3.63, 3.8) is 0 Å². The Hall–Kier alpha value is -3.66. The first-order valence-corrected chi connectivity index (χ1v) is 11.4. The Morgan fingerprint density at radius 3 is 2.32 bits per heavy atom. The van der Waals surface area contributed by atoms with Gasteiger partial charge in [-0.15, -0.1) is 0 Å². The molecule has 0 radical (unpaired) electrons. The first-order chi connectivity index (χ1) is 16.5. The zero-order valence-corrected chi connectivity index (χ0v) is 19.2. The zero-order chi connectivity index (χ0) is 24.1. The lowest BCUT2D eigenvalue weighted by Gasteiger charge is -2.36. The Bertz CT molecular complexity index is 1060. The van der Waals surface area contributed by atoms with E-state index >= 15 is 0 Å². The lowest BCUT2D eigenvalue weighted by atomic mass is 10.1. The molecule has 0 aliphatic carbocycles. The number of ether oxygens (including phenoxy) is 1. The van der Waals surface area contributed by atoms with Gasteiger partial charge in [-0.3, -0.25) is 19.7 Å². The molecule has 0 spiro atoms. The summed E-state index contributed by atoms with van der Waals surface area (Å²) < 4.78 is 5.20. The molecule has 2 aromatic rings. The Kier molecular flexibility index (Phi) is 7.27. The van der Waals surface area contributed by atoms with Crippen molar-refractivity contribution in [2.45, 2.75) is 6.42 Å². The number of benzene rings is 2. The maximum absolute atomic E-state index is 12.9. The molecule has 10 heteroatoms. The number of piperazine rings is 1. The zero-order valence-electron chi connectivity index (χ0n) is 19.2. The molecule has 0 atom stereocenters. The number of amides is 2. The third-order valence-electron chi connectivity index (χ3n) is 6.27. The molecular formula is C24H29N5O5. The smallest absolute Gasteiger partial charge is 0.293 e. The van der Waals surface area contributed by atoms with Crippen LogP contribution in [0.1, 0.15) is 27.1 Å². The van der Waals surface area contributed by atoms with Crippen molar-refractivity contribution in [3.8, 4) is 5.75 Å². The number of hydrogen-bond acceptors (Lipinski definition) is 7.